The lowest BCUT2D eigenvalue weighted by molar-refractivity contribution is -0.133. The van der Waals surface area contributed by atoms with E-state index in [1.807, 2.05) is 30.3 Å². The van der Waals surface area contributed by atoms with Gasteiger partial charge in [-0.3, -0.25) is 14.4 Å². The fourth-order valence-corrected chi connectivity index (χ4v) is 7.78. The highest BCUT2D eigenvalue weighted by molar-refractivity contribution is 9.10. The van der Waals surface area contributed by atoms with E-state index in [1.54, 1.807) is 58.7 Å². The Balaban J connectivity index is 0.000000275. The molecule has 0 bridgehead atoms. The molecule has 0 radical (unpaired) electrons. The van der Waals surface area contributed by atoms with Crippen LogP contribution >= 0.6 is 27.3 Å². The number of ether oxygens (including phenoxy) is 6. The second-order valence-electron chi connectivity index (χ2n) is 13.4. The minimum atomic E-state index is -0.550. The van der Waals surface area contributed by atoms with Gasteiger partial charge >= 0.3 is 0 Å². The molecule has 1 atom stereocenters. The van der Waals surface area contributed by atoms with E-state index in [2.05, 4.69) is 34.1 Å². The van der Waals surface area contributed by atoms with Gasteiger partial charge in [0.05, 0.1) is 71.9 Å². The van der Waals surface area contributed by atoms with Gasteiger partial charge in [0.25, 0.3) is 5.91 Å². The molecule has 1 aliphatic heterocycles. The third-order valence-corrected chi connectivity index (χ3v) is 11.0. The molecule has 5 aromatic rings. The number of amides is 1. The Hall–Kier alpha value is -4.83. The summed E-state index contributed by atoms with van der Waals surface area (Å²) in [4.78, 5) is 39.6. The number of phenolic OH excluding ortho intramolecular Hbond substituents is 2. The van der Waals surface area contributed by atoms with Crippen molar-refractivity contribution in [1.82, 2.24) is 4.90 Å². The maximum absolute atomic E-state index is 12.9. The van der Waals surface area contributed by atoms with Gasteiger partial charge in [-0.25, -0.2) is 0 Å². The second-order valence-corrected chi connectivity index (χ2v) is 15.4. The number of Topliss-reactive ketones (excluding diaryl/α,β-unsaturated/α-hetero) is 2. The van der Waals surface area contributed by atoms with Crippen molar-refractivity contribution in [3.63, 3.8) is 0 Å². The van der Waals surface area contributed by atoms with Crippen molar-refractivity contribution >= 4 is 54.8 Å². The number of carbonyl (C=O) groups excluding carboxylic acids is 3. The Bertz CT molecular complexity index is 2120. The van der Waals surface area contributed by atoms with E-state index >= 15 is 0 Å². The number of thiophene rings is 1. The highest BCUT2D eigenvalue weighted by Crippen LogP contribution is 2.36. The zero-order chi connectivity index (χ0) is 40.7. The third-order valence-electron chi connectivity index (χ3n) is 9.34. The fraction of sp³-hybridized carbons (Fsp3) is 0.341. The molecule has 2 heterocycles. The highest BCUT2D eigenvalue weighted by Gasteiger charge is 2.40. The van der Waals surface area contributed by atoms with Crippen molar-refractivity contribution < 1.29 is 53.0 Å². The first-order chi connectivity index (χ1) is 28.2. The summed E-state index contributed by atoms with van der Waals surface area (Å²) in [6, 6.07) is 27.2. The van der Waals surface area contributed by atoms with Crippen molar-refractivity contribution in [3.05, 3.63) is 107 Å². The molecule has 1 saturated carbocycles. The molecule has 1 amide bonds. The number of benzene rings is 4. The largest absolute Gasteiger partial charge is 0.508 e. The van der Waals surface area contributed by atoms with Gasteiger partial charge in [0, 0.05) is 31.6 Å². The van der Waals surface area contributed by atoms with Crippen molar-refractivity contribution in [1.29, 1.82) is 0 Å². The predicted molar refractivity (Wildman–Crippen MR) is 223 cm³/mol. The van der Waals surface area contributed by atoms with E-state index in [9.17, 15) is 24.6 Å². The first-order valence-electron chi connectivity index (χ1n) is 19.1. The summed E-state index contributed by atoms with van der Waals surface area (Å²) < 4.78 is 35.5. The molecular weight excluding hydrogens is 830 g/mol. The molecule has 14 heteroatoms. The van der Waals surface area contributed by atoms with Gasteiger partial charge in [0.2, 0.25) is 0 Å². The maximum Gasteiger partial charge on any atom is 0.255 e. The van der Waals surface area contributed by atoms with E-state index in [1.165, 1.54) is 15.8 Å². The van der Waals surface area contributed by atoms with E-state index < -0.39 is 6.04 Å². The zero-order valence-corrected chi connectivity index (χ0v) is 34.3. The highest BCUT2D eigenvalue weighted by atomic mass is 79.9. The molecule has 1 aliphatic carbocycles. The zero-order valence-electron chi connectivity index (χ0n) is 31.9. The number of nitrogens with zero attached hydrogens (tertiary/aromatic N) is 1. The molecule has 306 valence electrons. The first-order valence-corrected chi connectivity index (χ1v) is 20.7. The molecule has 1 aromatic heterocycles. The van der Waals surface area contributed by atoms with Crippen LogP contribution in [0.2, 0.25) is 0 Å². The molecule has 2 aliphatic rings. The Morgan fingerprint density at radius 1 is 0.690 bits per heavy atom. The summed E-state index contributed by atoms with van der Waals surface area (Å²) in [5, 5.41) is 19.9. The number of hydrogen-bond acceptors (Lipinski definition) is 12. The van der Waals surface area contributed by atoms with Crippen LogP contribution < -0.4 is 9.47 Å². The average molecular weight is 877 g/mol. The normalized spacial score (nSPS) is 15.0. The van der Waals surface area contributed by atoms with Crippen LogP contribution in [-0.4, -0.2) is 105 Å². The number of rotatable bonds is 19. The summed E-state index contributed by atoms with van der Waals surface area (Å²) in [7, 11) is 0. The summed E-state index contributed by atoms with van der Waals surface area (Å²) >= 11 is 5.13. The summed E-state index contributed by atoms with van der Waals surface area (Å²) in [5.74, 6) is 1.35. The fourth-order valence-electron chi connectivity index (χ4n) is 6.41. The van der Waals surface area contributed by atoms with Crippen molar-refractivity contribution in [3.8, 4) is 33.4 Å². The second kappa shape index (κ2) is 21.8. The SMILES string of the molecule is O=C1CCC(N2Cc3c(OCCOCCOCCOCCOCCOc4ccc(O)cc4)cccc3C2=O)C(=O)C1.Oc1ccc2cc(-c3ccc(Br)cc3)sc2c1. The van der Waals surface area contributed by atoms with Gasteiger partial charge in [-0.15, -0.1) is 11.3 Å². The Morgan fingerprint density at radius 3 is 1.97 bits per heavy atom. The Kier molecular flexibility index (Phi) is 16.1. The van der Waals surface area contributed by atoms with Crippen LogP contribution in [0, 0.1) is 0 Å². The molecule has 1 unspecified atom stereocenters. The molecule has 4 aromatic carbocycles. The molecular formula is C44H46BrNO11S. The number of fused-ring (bicyclic) bond motifs is 2. The van der Waals surface area contributed by atoms with E-state index in [-0.39, 0.29) is 29.6 Å². The van der Waals surface area contributed by atoms with Crippen LogP contribution in [-0.2, 0) is 35.1 Å². The number of aromatic hydroxyl groups is 2. The van der Waals surface area contributed by atoms with Crippen LogP contribution in [0.1, 0.15) is 35.2 Å². The van der Waals surface area contributed by atoms with Gasteiger partial charge < -0.3 is 43.5 Å². The first kappa shape index (κ1) is 42.8. The molecule has 0 spiro atoms. The topological polar surface area (TPSA) is 150 Å². The molecule has 58 heavy (non-hydrogen) atoms. The van der Waals surface area contributed by atoms with Crippen LogP contribution in [0.15, 0.2) is 95.5 Å². The molecule has 12 nitrogen and oxygen atoms in total. The van der Waals surface area contributed by atoms with Gasteiger partial charge in [-0.1, -0.05) is 34.1 Å². The number of phenols is 2. The summed E-state index contributed by atoms with van der Waals surface area (Å²) in [6.45, 7) is 4.48. The molecule has 0 saturated heterocycles. The van der Waals surface area contributed by atoms with Crippen molar-refractivity contribution in [2.75, 3.05) is 66.1 Å². The monoisotopic (exact) mass is 875 g/mol. The van der Waals surface area contributed by atoms with E-state index in [4.69, 9.17) is 28.4 Å². The van der Waals surface area contributed by atoms with E-state index in [0.29, 0.717) is 108 Å². The summed E-state index contributed by atoms with van der Waals surface area (Å²) in [6.07, 6.45) is 0.603. The Labute approximate surface area is 349 Å². The van der Waals surface area contributed by atoms with Crippen molar-refractivity contribution in [2.45, 2.75) is 31.8 Å². The minimum Gasteiger partial charge on any atom is -0.508 e. The Morgan fingerprint density at radius 2 is 1.31 bits per heavy atom. The van der Waals surface area contributed by atoms with Gasteiger partial charge in [-0.05, 0) is 90.2 Å². The standard InChI is InChI=1S/C30H37NO10.C14H9BrOS/c32-22-4-7-24(8-5-22)40-18-16-38-14-12-36-10-11-37-13-15-39-17-19-41-29-3-1-2-25-26(29)21-31(30(25)35)27-9-6-23(33)20-28(27)34;15-11-4-1-9(2-5-11)13-7-10-3-6-12(16)8-14(10)17-13/h1-5,7-8,27,32H,6,9-21H2;1-8,16H. The third kappa shape index (κ3) is 12.3. The van der Waals surface area contributed by atoms with Gasteiger partial charge in [0.15, 0.2) is 5.78 Å². The maximum atomic E-state index is 12.9. The molecule has 2 N–H and O–H groups in total. The number of halogens is 1. The molecule has 1 fully saturated rings. The molecule has 7 rings (SSSR count). The van der Waals surface area contributed by atoms with Crippen LogP contribution in [0.25, 0.3) is 20.5 Å². The lowest BCUT2D eigenvalue weighted by atomic mass is 9.92. The van der Waals surface area contributed by atoms with Crippen LogP contribution in [0.4, 0.5) is 0 Å². The minimum absolute atomic E-state index is 0.0642. The van der Waals surface area contributed by atoms with E-state index in [0.717, 1.165) is 14.7 Å². The van der Waals surface area contributed by atoms with Gasteiger partial charge in [0.1, 0.15) is 42.0 Å². The quantitative estimate of drug-likeness (QED) is 0.0624. The average Bonchev–Trinajstić information content (AvgIpc) is 3.79. The van der Waals surface area contributed by atoms with Crippen molar-refractivity contribution in [2.24, 2.45) is 0 Å². The lowest BCUT2D eigenvalue weighted by Gasteiger charge is -2.29. The summed E-state index contributed by atoms with van der Waals surface area (Å²) in [5.41, 5.74) is 2.50. The number of ketones is 2. The van der Waals surface area contributed by atoms with Gasteiger partial charge in [-0.2, -0.15) is 0 Å². The predicted octanol–water partition coefficient (Wildman–Crippen LogP) is 7.60. The number of hydrogen-bond donors (Lipinski definition) is 2. The van der Waals surface area contributed by atoms with Crippen LogP contribution in [0.5, 0.6) is 23.0 Å². The number of carbonyl (C=O) groups is 3. The smallest absolute Gasteiger partial charge is 0.255 e. The lowest BCUT2D eigenvalue weighted by Crippen LogP contribution is -2.44. The van der Waals surface area contributed by atoms with Crippen LogP contribution in [0.3, 0.4) is 0 Å².